The summed E-state index contributed by atoms with van der Waals surface area (Å²) in [5, 5.41) is 14.6. The summed E-state index contributed by atoms with van der Waals surface area (Å²) in [5.74, 6) is -1.27. The van der Waals surface area contributed by atoms with E-state index in [2.05, 4.69) is 31.1 Å². The largest absolute Gasteiger partial charge is 0.480 e. The van der Waals surface area contributed by atoms with Gasteiger partial charge in [0.05, 0.1) is 17.1 Å². The second kappa shape index (κ2) is 7.54. The van der Waals surface area contributed by atoms with Crippen LogP contribution in [-0.2, 0) is 22.4 Å². The van der Waals surface area contributed by atoms with Gasteiger partial charge in [-0.25, -0.2) is 9.78 Å². The smallest absolute Gasteiger partial charge is 0.326 e. The molecule has 0 aliphatic carbocycles. The summed E-state index contributed by atoms with van der Waals surface area (Å²) in [5.41, 5.74) is 0.748. The third-order valence-corrected chi connectivity index (χ3v) is 4.10. The minimum absolute atomic E-state index is 0.0450. The third-order valence-electron chi connectivity index (χ3n) is 3.06. The minimum atomic E-state index is -0.986. The third kappa shape index (κ3) is 6.71. The number of carboxylic acids is 1. The van der Waals surface area contributed by atoms with Crippen LogP contribution in [-0.4, -0.2) is 28.0 Å². The molecular formula is C15H24N2O3S. The molecule has 21 heavy (non-hydrogen) atoms. The Morgan fingerprint density at radius 2 is 2.10 bits per heavy atom. The van der Waals surface area contributed by atoms with E-state index in [0.29, 0.717) is 12.1 Å². The van der Waals surface area contributed by atoms with E-state index in [-0.39, 0.29) is 17.7 Å². The Kier molecular flexibility index (Phi) is 6.33. The lowest BCUT2D eigenvalue weighted by atomic mass is 9.88. The van der Waals surface area contributed by atoms with E-state index >= 15 is 0 Å². The Bertz CT molecular complexity index is 491. The molecule has 1 aromatic rings. The monoisotopic (exact) mass is 312 g/mol. The molecule has 0 aliphatic heterocycles. The summed E-state index contributed by atoms with van der Waals surface area (Å²) in [4.78, 5) is 27.5. The highest BCUT2D eigenvalue weighted by molar-refractivity contribution is 7.09. The highest BCUT2D eigenvalue weighted by Crippen LogP contribution is 2.21. The highest BCUT2D eigenvalue weighted by atomic mass is 32.1. The number of rotatable bonds is 7. The first kappa shape index (κ1) is 17.6. The molecule has 0 aliphatic rings. The number of hydrogen-bond acceptors (Lipinski definition) is 4. The van der Waals surface area contributed by atoms with Crippen molar-refractivity contribution in [2.24, 2.45) is 5.41 Å². The van der Waals surface area contributed by atoms with Crippen molar-refractivity contribution in [3.05, 3.63) is 16.1 Å². The van der Waals surface area contributed by atoms with Crippen molar-refractivity contribution < 1.29 is 14.7 Å². The topological polar surface area (TPSA) is 79.3 Å². The van der Waals surface area contributed by atoms with Crippen molar-refractivity contribution in [3.63, 3.8) is 0 Å². The molecule has 0 spiro atoms. The van der Waals surface area contributed by atoms with E-state index in [1.165, 1.54) is 11.3 Å². The Labute approximate surface area is 129 Å². The summed E-state index contributed by atoms with van der Waals surface area (Å²) < 4.78 is 0. The van der Waals surface area contributed by atoms with Crippen LogP contribution in [0.3, 0.4) is 0 Å². The van der Waals surface area contributed by atoms with Crippen LogP contribution >= 0.6 is 11.3 Å². The summed E-state index contributed by atoms with van der Waals surface area (Å²) in [6.07, 6.45) is 2.15. The van der Waals surface area contributed by atoms with E-state index in [1.54, 1.807) is 0 Å². The first-order valence-electron chi connectivity index (χ1n) is 7.16. The molecular weight excluding hydrogens is 288 g/mol. The molecule has 1 unspecified atom stereocenters. The van der Waals surface area contributed by atoms with E-state index in [0.717, 1.165) is 17.8 Å². The van der Waals surface area contributed by atoms with Crippen molar-refractivity contribution in [2.75, 3.05) is 0 Å². The van der Waals surface area contributed by atoms with Gasteiger partial charge in [0.25, 0.3) is 0 Å². The molecule has 0 saturated carbocycles. The predicted octanol–water partition coefficient (Wildman–Crippen LogP) is 2.64. The predicted molar refractivity (Wildman–Crippen MR) is 83.5 cm³/mol. The molecule has 0 bridgehead atoms. The molecule has 118 valence electrons. The molecule has 1 atom stereocenters. The SMILES string of the molecule is CCc1nc(CC(=O)NC(CCC(C)(C)C)C(=O)O)cs1. The van der Waals surface area contributed by atoms with E-state index in [1.807, 2.05) is 12.3 Å². The van der Waals surface area contributed by atoms with Gasteiger partial charge >= 0.3 is 5.97 Å². The van der Waals surface area contributed by atoms with Gasteiger partial charge in [0.2, 0.25) is 5.91 Å². The van der Waals surface area contributed by atoms with Gasteiger partial charge in [-0.1, -0.05) is 27.7 Å². The van der Waals surface area contributed by atoms with Gasteiger partial charge in [-0.15, -0.1) is 11.3 Å². The number of carbonyl (C=O) groups is 2. The lowest BCUT2D eigenvalue weighted by molar-refractivity contribution is -0.142. The van der Waals surface area contributed by atoms with Crippen LogP contribution in [0.25, 0.3) is 0 Å². The lowest BCUT2D eigenvalue weighted by Gasteiger charge is -2.21. The highest BCUT2D eigenvalue weighted by Gasteiger charge is 2.23. The molecule has 1 rings (SSSR count). The number of aromatic nitrogens is 1. The van der Waals surface area contributed by atoms with Crippen molar-refractivity contribution in [1.82, 2.24) is 10.3 Å². The lowest BCUT2D eigenvalue weighted by Crippen LogP contribution is -2.42. The number of carboxylic acid groups (broad SMARTS) is 1. The molecule has 1 amide bonds. The molecule has 0 radical (unpaired) electrons. The van der Waals surface area contributed by atoms with Crippen LogP contribution in [0.15, 0.2) is 5.38 Å². The summed E-state index contributed by atoms with van der Waals surface area (Å²) in [6, 6.07) is -0.832. The Morgan fingerprint density at radius 1 is 1.43 bits per heavy atom. The molecule has 6 heteroatoms. The van der Waals surface area contributed by atoms with Crippen LogP contribution in [0.5, 0.6) is 0 Å². The van der Waals surface area contributed by atoms with E-state index in [4.69, 9.17) is 0 Å². The maximum absolute atomic E-state index is 11.9. The summed E-state index contributed by atoms with van der Waals surface area (Å²) >= 11 is 1.52. The molecule has 2 N–H and O–H groups in total. The van der Waals surface area contributed by atoms with Gasteiger partial charge in [0, 0.05) is 5.38 Å². The molecule has 0 saturated heterocycles. The number of aryl methyl sites for hydroxylation is 1. The molecule has 1 aromatic heterocycles. The first-order valence-corrected chi connectivity index (χ1v) is 8.04. The quantitative estimate of drug-likeness (QED) is 0.811. The van der Waals surface area contributed by atoms with Crippen LogP contribution in [0.1, 0.15) is 51.2 Å². The van der Waals surface area contributed by atoms with E-state index in [9.17, 15) is 14.7 Å². The number of nitrogens with one attached hydrogen (secondary N) is 1. The van der Waals surface area contributed by atoms with Crippen LogP contribution in [0, 0.1) is 5.41 Å². The fourth-order valence-corrected chi connectivity index (χ4v) is 2.58. The second-order valence-corrected chi connectivity index (χ2v) is 7.26. The second-order valence-electron chi connectivity index (χ2n) is 6.32. The van der Waals surface area contributed by atoms with Gasteiger partial charge < -0.3 is 10.4 Å². The summed E-state index contributed by atoms with van der Waals surface area (Å²) in [6.45, 7) is 8.16. The number of hydrogen-bond donors (Lipinski definition) is 2. The first-order chi connectivity index (χ1) is 9.71. The number of amides is 1. The van der Waals surface area contributed by atoms with Crippen LogP contribution in [0.4, 0.5) is 0 Å². The van der Waals surface area contributed by atoms with Gasteiger partial charge in [-0.2, -0.15) is 0 Å². The van der Waals surface area contributed by atoms with Gasteiger partial charge in [-0.3, -0.25) is 4.79 Å². The average molecular weight is 312 g/mol. The number of thiazole rings is 1. The fourth-order valence-electron chi connectivity index (χ4n) is 1.84. The van der Waals surface area contributed by atoms with Crippen molar-refractivity contribution in [2.45, 2.75) is 59.4 Å². The van der Waals surface area contributed by atoms with Gasteiger partial charge in [0.1, 0.15) is 6.04 Å². The molecule has 0 aromatic carbocycles. The van der Waals surface area contributed by atoms with Crippen LogP contribution in [0.2, 0.25) is 0 Å². The number of aliphatic carboxylic acids is 1. The molecule has 0 fully saturated rings. The fraction of sp³-hybridized carbons (Fsp3) is 0.667. The molecule has 1 heterocycles. The van der Waals surface area contributed by atoms with Gasteiger partial charge in [-0.05, 0) is 24.7 Å². The normalized spacial score (nSPS) is 13.0. The summed E-state index contributed by atoms with van der Waals surface area (Å²) in [7, 11) is 0. The Balaban J connectivity index is 2.54. The maximum atomic E-state index is 11.9. The standard InChI is InChI=1S/C15H24N2O3S/c1-5-13-16-10(9-21-13)8-12(18)17-11(14(19)20)6-7-15(2,3)4/h9,11H,5-8H2,1-4H3,(H,17,18)(H,19,20). The van der Waals surface area contributed by atoms with Crippen LogP contribution < -0.4 is 5.32 Å². The van der Waals surface area contributed by atoms with Gasteiger partial charge in [0.15, 0.2) is 0 Å². The zero-order valence-corrected chi connectivity index (χ0v) is 13.9. The van der Waals surface area contributed by atoms with Crippen molar-refractivity contribution in [3.8, 4) is 0 Å². The minimum Gasteiger partial charge on any atom is -0.480 e. The average Bonchev–Trinajstić information content (AvgIpc) is 2.80. The van der Waals surface area contributed by atoms with E-state index < -0.39 is 12.0 Å². The number of carbonyl (C=O) groups excluding carboxylic acids is 1. The van der Waals surface area contributed by atoms with Crippen molar-refractivity contribution >= 4 is 23.2 Å². The maximum Gasteiger partial charge on any atom is 0.326 e. The zero-order chi connectivity index (χ0) is 16.0. The molecule has 5 nitrogen and oxygen atoms in total. The zero-order valence-electron chi connectivity index (χ0n) is 13.1. The Hall–Kier alpha value is -1.43. The number of nitrogens with zero attached hydrogens (tertiary/aromatic N) is 1. The van der Waals surface area contributed by atoms with Crippen molar-refractivity contribution in [1.29, 1.82) is 0 Å². The Morgan fingerprint density at radius 3 is 2.57 bits per heavy atom.